The van der Waals surface area contributed by atoms with Crippen LogP contribution in [0.15, 0.2) is 18.2 Å². The number of hydrogen-bond donors (Lipinski definition) is 1. The molecule has 1 rings (SSSR count). The molecule has 0 radical (unpaired) electrons. The van der Waals surface area contributed by atoms with E-state index in [2.05, 4.69) is 38.2 Å². The van der Waals surface area contributed by atoms with Crippen LogP contribution >= 0.6 is 23.2 Å². The second-order valence-corrected chi connectivity index (χ2v) is 5.71. The first-order valence-corrected chi connectivity index (χ1v) is 7.50. The van der Waals surface area contributed by atoms with Crippen LogP contribution in [-0.4, -0.2) is 12.4 Å². The van der Waals surface area contributed by atoms with E-state index >= 15 is 0 Å². The molecule has 0 amide bonds. The van der Waals surface area contributed by atoms with E-state index in [9.17, 15) is 0 Å². The lowest BCUT2D eigenvalue weighted by molar-refractivity contribution is 0.286. The fourth-order valence-electron chi connectivity index (χ4n) is 1.99. The topological polar surface area (TPSA) is 12.0 Å². The maximum absolute atomic E-state index is 6.22. The summed E-state index contributed by atoms with van der Waals surface area (Å²) >= 11 is 12.3. The molecule has 1 N–H and O–H groups in total. The van der Waals surface area contributed by atoms with Crippen LogP contribution in [0.5, 0.6) is 0 Å². The molecule has 0 spiro atoms. The van der Waals surface area contributed by atoms with Crippen molar-refractivity contribution in [2.45, 2.75) is 40.2 Å². The molecule has 18 heavy (non-hydrogen) atoms. The lowest BCUT2D eigenvalue weighted by Crippen LogP contribution is -2.34. The Labute approximate surface area is 121 Å². The third-order valence-electron chi connectivity index (χ3n) is 3.81. The van der Waals surface area contributed by atoms with E-state index in [-0.39, 0.29) is 5.41 Å². The molecule has 0 saturated carbocycles. The second-order valence-electron chi connectivity index (χ2n) is 5.04. The molecule has 0 unspecified atom stereocenters. The second kappa shape index (κ2) is 7.37. The van der Waals surface area contributed by atoms with Gasteiger partial charge in [-0.2, -0.15) is 0 Å². The number of benzene rings is 1. The van der Waals surface area contributed by atoms with E-state index in [0.717, 1.165) is 36.5 Å². The zero-order valence-corrected chi connectivity index (χ0v) is 13.0. The van der Waals surface area contributed by atoms with Crippen molar-refractivity contribution in [3.8, 4) is 0 Å². The van der Waals surface area contributed by atoms with Crippen LogP contribution in [0.2, 0.25) is 5.02 Å². The predicted molar refractivity (Wildman–Crippen MR) is 81.6 cm³/mol. The van der Waals surface area contributed by atoms with Crippen molar-refractivity contribution in [2.24, 2.45) is 5.41 Å². The SMILES string of the molecule is CCC(CC)(CCl)CNCc1ccc(C)cc1Cl. The molecular weight excluding hydrogens is 265 g/mol. The summed E-state index contributed by atoms with van der Waals surface area (Å²) in [5.41, 5.74) is 2.55. The van der Waals surface area contributed by atoms with Gasteiger partial charge in [-0.05, 0) is 42.4 Å². The van der Waals surface area contributed by atoms with Crippen LogP contribution in [0.4, 0.5) is 0 Å². The summed E-state index contributed by atoms with van der Waals surface area (Å²) < 4.78 is 0. The van der Waals surface area contributed by atoms with Crippen molar-refractivity contribution in [2.75, 3.05) is 12.4 Å². The summed E-state index contributed by atoms with van der Waals surface area (Å²) in [5, 5.41) is 4.33. The van der Waals surface area contributed by atoms with Crippen LogP contribution in [0.1, 0.15) is 37.8 Å². The van der Waals surface area contributed by atoms with Gasteiger partial charge in [0, 0.05) is 24.0 Å². The van der Waals surface area contributed by atoms with E-state index in [1.54, 1.807) is 0 Å². The molecule has 0 fully saturated rings. The molecule has 0 aliphatic heterocycles. The van der Waals surface area contributed by atoms with Crippen molar-refractivity contribution in [3.05, 3.63) is 34.3 Å². The minimum Gasteiger partial charge on any atom is -0.312 e. The summed E-state index contributed by atoms with van der Waals surface area (Å²) in [4.78, 5) is 0. The lowest BCUT2D eigenvalue weighted by Gasteiger charge is -2.29. The monoisotopic (exact) mass is 287 g/mol. The van der Waals surface area contributed by atoms with E-state index in [1.165, 1.54) is 5.56 Å². The number of nitrogens with one attached hydrogen (secondary N) is 1. The molecule has 1 aromatic carbocycles. The summed E-state index contributed by atoms with van der Waals surface area (Å²) in [5.74, 6) is 0.703. The first kappa shape index (κ1) is 15.8. The summed E-state index contributed by atoms with van der Waals surface area (Å²) in [7, 11) is 0. The average Bonchev–Trinajstić information content (AvgIpc) is 2.38. The van der Waals surface area contributed by atoms with Crippen molar-refractivity contribution in [3.63, 3.8) is 0 Å². The average molecular weight is 288 g/mol. The Morgan fingerprint density at radius 1 is 1.22 bits per heavy atom. The van der Waals surface area contributed by atoms with Crippen molar-refractivity contribution < 1.29 is 0 Å². The molecule has 0 atom stereocenters. The third-order valence-corrected chi connectivity index (χ3v) is 4.73. The van der Waals surface area contributed by atoms with Crippen LogP contribution in [0.3, 0.4) is 0 Å². The molecule has 0 aliphatic carbocycles. The number of halogens is 2. The Morgan fingerprint density at radius 3 is 2.39 bits per heavy atom. The molecule has 3 heteroatoms. The molecule has 102 valence electrons. The van der Waals surface area contributed by atoms with Crippen LogP contribution in [0, 0.1) is 12.3 Å². The van der Waals surface area contributed by atoms with Gasteiger partial charge in [-0.25, -0.2) is 0 Å². The van der Waals surface area contributed by atoms with E-state index in [4.69, 9.17) is 23.2 Å². The lowest BCUT2D eigenvalue weighted by atomic mass is 9.84. The van der Waals surface area contributed by atoms with Gasteiger partial charge >= 0.3 is 0 Å². The number of rotatable bonds is 7. The van der Waals surface area contributed by atoms with Crippen LogP contribution in [-0.2, 0) is 6.54 Å². The molecule has 0 aromatic heterocycles. The minimum absolute atomic E-state index is 0.207. The van der Waals surface area contributed by atoms with Gasteiger partial charge in [-0.15, -0.1) is 11.6 Å². The number of aryl methyl sites for hydroxylation is 1. The summed E-state index contributed by atoms with van der Waals surface area (Å²) in [6.45, 7) is 8.19. The summed E-state index contributed by atoms with van der Waals surface area (Å²) in [6, 6.07) is 6.19. The zero-order valence-electron chi connectivity index (χ0n) is 11.5. The van der Waals surface area contributed by atoms with Crippen molar-refractivity contribution in [1.82, 2.24) is 5.32 Å². The van der Waals surface area contributed by atoms with Gasteiger partial charge in [-0.1, -0.05) is 37.6 Å². The Morgan fingerprint density at radius 2 is 1.89 bits per heavy atom. The summed E-state index contributed by atoms with van der Waals surface area (Å²) in [6.07, 6.45) is 2.20. The minimum atomic E-state index is 0.207. The Balaban J connectivity index is 2.55. The Bertz CT molecular complexity index is 364. The third kappa shape index (κ3) is 4.15. The van der Waals surface area contributed by atoms with Gasteiger partial charge in [0.15, 0.2) is 0 Å². The van der Waals surface area contributed by atoms with Gasteiger partial charge < -0.3 is 5.32 Å². The highest BCUT2D eigenvalue weighted by Gasteiger charge is 2.24. The molecule has 0 saturated heterocycles. The smallest absolute Gasteiger partial charge is 0.0453 e. The van der Waals surface area contributed by atoms with Crippen LogP contribution in [0.25, 0.3) is 0 Å². The van der Waals surface area contributed by atoms with Crippen molar-refractivity contribution >= 4 is 23.2 Å². The highest BCUT2D eigenvalue weighted by atomic mass is 35.5. The molecule has 1 aromatic rings. The fraction of sp³-hybridized carbons (Fsp3) is 0.600. The molecule has 0 bridgehead atoms. The molecular formula is C15H23Cl2N. The maximum atomic E-state index is 6.22. The van der Waals surface area contributed by atoms with E-state index < -0.39 is 0 Å². The van der Waals surface area contributed by atoms with Gasteiger partial charge in [0.25, 0.3) is 0 Å². The Kier molecular flexibility index (Phi) is 6.48. The normalized spacial score (nSPS) is 11.8. The Hall–Kier alpha value is -0.240. The standard InChI is InChI=1S/C15H23Cl2N/c1-4-15(5-2,10-16)11-18-9-13-7-6-12(3)8-14(13)17/h6-8,18H,4-5,9-11H2,1-3H3. The highest BCUT2D eigenvalue weighted by molar-refractivity contribution is 6.31. The first-order chi connectivity index (χ1) is 8.56. The quantitative estimate of drug-likeness (QED) is 0.712. The van der Waals surface area contributed by atoms with Gasteiger partial charge in [-0.3, -0.25) is 0 Å². The molecule has 1 nitrogen and oxygen atoms in total. The predicted octanol–water partition coefficient (Wildman–Crippen LogP) is 4.78. The van der Waals surface area contributed by atoms with Gasteiger partial charge in [0.1, 0.15) is 0 Å². The highest BCUT2D eigenvalue weighted by Crippen LogP contribution is 2.27. The maximum Gasteiger partial charge on any atom is 0.0453 e. The van der Waals surface area contributed by atoms with Crippen LogP contribution < -0.4 is 5.32 Å². The molecule has 0 aliphatic rings. The zero-order chi connectivity index (χ0) is 13.6. The van der Waals surface area contributed by atoms with Crippen molar-refractivity contribution in [1.29, 1.82) is 0 Å². The largest absolute Gasteiger partial charge is 0.312 e. The fourth-order valence-corrected chi connectivity index (χ4v) is 2.77. The van der Waals surface area contributed by atoms with Gasteiger partial charge in [0.05, 0.1) is 0 Å². The first-order valence-electron chi connectivity index (χ1n) is 6.58. The number of hydrogen-bond acceptors (Lipinski definition) is 1. The van der Waals surface area contributed by atoms with Gasteiger partial charge in [0.2, 0.25) is 0 Å². The van der Waals surface area contributed by atoms with E-state index in [0.29, 0.717) is 5.88 Å². The number of alkyl halides is 1. The molecule has 0 heterocycles. The van der Waals surface area contributed by atoms with E-state index in [1.807, 2.05) is 6.07 Å².